The molecule has 0 saturated carbocycles. The average Bonchev–Trinajstić information content (AvgIpc) is 2.95. The Labute approximate surface area is 124 Å². The third kappa shape index (κ3) is 3.91. The number of aromatic nitrogens is 4. The number of unbranched alkanes of at least 4 members (excludes halogenated alkanes) is 1. The Balaban J connectivity index is 2.09. The average molecular weight is 291 g/mol. The topological polar surface area (TPSA) is 88.1 Å². The summed E-state index contributed by atoms with van der Waals surface area (Å²) in [6.45, 7) is 4.07. The number of nitrogens with zero attached hydrogens (tertiary/aromatic N) is 4. The van der Waals surface area contributed by atoms with E-state index in [2.05, 4.69) is 22.4 Å². The summed E-state index contributed by atoms with van der Waals surface area (Å²) in [6.07, 6.45) is 2.19. The monoisotopic (exact) mass is 291 g/mol. The number of hydrogen-bond acceptors (Lipinski definition) is 6. The molecule has 0 spiro atoms. The number of ether oxygens (including phenoxy) is 2. The molecule has 2 rings (SSSR count). The molecule has 0 unspecified atom stereocenters. The van der Waals surface area contributed by atoms with E-state index in [0.29, 0.717) is 30.4 Å². The molecule has 0 atom stereocenters. The molecule has 1 heterocycles. The molecule has 114 valence electrons. The van der Waals surface area contributed by atoms with E-state index in [1.807, 2.05) is 6.07 Å². The highest BCUT2D eigenvalue weighted by atomic mass is 16.5. The van der Waals surface area contributed by atoms with Crippen LogP contribution in [0.4, 0.5) is 5.69 Å². The van der Waals surface area contributed by atoms with Crippen LogP contribution in [0.1, 0.15) is 19.8 Å². The molecular formula is C14H21N5O2. The quantitative estimate of drug-likeness (QED) is 0.589. The molecule has 7 heteroatoms. The lowest BCUT2D eigenvalue weighted by atomic mass is 10.1. The Morgan fingerprint density at radius 2 is 2.14 bits per heavy atom. The Hall–Kier alpha value is -2.15. The van der Waals surface area contributed by atoms with Gasteiger partial charge in [0, 0.05) is 18.4 Å². The largest absolute Gasteiger partial charge is 0.496 e. The minimum atomic E-state index is 0.579. The minimum absolute atomic E-state index is 0.579. The van der Waals surface area contributed by atoms with Crippen LogP contribution in [-0.2, 0) is 11.3 Å². The van der Waals surface area contributed by atoms with Crippen LogP contribution in [0.2, 0.25) is 0 Å². The lowest BCUT2D eigenvalue weighted by Gasteiger charge is -2.09. The van der Waals surface area contributed by atoms with Crippen molar-refractivity contribution in [2.24, 2.45) is 0 Å². The summed E-state index contributed by atoms with van der Waals surface area (Å²) in [5.41, 5.74) is 7.21. The number of benzene rings is 1. The van der Waals surface area contributed by atoms with Gasteiger partial charge in [-0.05, 0) is 29.0 Å². The first-order valence-corrected chi connectivity index (χ1v) is 7.04. The summed E-state index contributed by atoms with van der Waals surface area (Å²) >= 11 is 0. The number of tetrazole rings is 1. The molecule has 2 aromatic rings. The highest BCUT2D eigenvalue weighted by Crippen LogP contribution is 2.29. The maximum atomic E-state index is 5.76. The molecule has 7 nitrogen and oxygen atoms in total. The second kappa shape index (κ2) is 7.58. The number of methoxy groups -OCH3 is 1. The van der Waals surface area contributed by atoms with Gasteiger partial charge in [0.2, 0.25) is 0 Å². The van der Waals surface area contributed by atoms with Gasteiger partial charge in [-0.15, -0.1) is 5.10 Å². The van der Waals surface area contributed by atoms with Gasteiger partial charge in [0.1, 0.15) is 5.75 Å². The van der Waals surface area contributed by atoms with Crippen molar-refractivity contribution in [1.82, 2.24) is 20.2 Å². The number of rotatable bonds is 8. The third-order valence-corrected chi connectivity index (χ3v) is 3.09. The van der Waals surface area contributed by atoms with Crippen molar-refractivity contribution >= 4 is 5.69 Å². The molecule has 1 aromatic heterocycles. The summed E-state index contributed by atoms with van der Waals surface area (Å²) in [7, 11) is 1.60. The maximum Gasteiger partial charge on any atom is 0.185 e. The van der Waals surface area contributed by atoms with Gasteiger partial charge in [-0.25, -0.2) is 4.68 Å². The van der Waals surface area contributed by atoms with E-state index in [-0.39, 0.29) is 0 Å². The molecule has 0 aliphatic carbocycles. The van der Waals surface area contributed by atoms with Crippen molar-refractivity contribution in [3.63, 3.8) is 0 Å². The van der Waals surface area contributed by atoms with Crippen molar-refractivity contribution in [2.45, 2.75) is 26.3 Å². The SMILES string of the molecule is CCCCOCCn1nnnc1-c1ccc(N)cc1OC. The number of anilines is 1. The Morgan fingerprint density at radius 3 is 2.90 bits per heavy atom. The van der Waals surface area contributed by atoms with Crippen LogP contribution >= 0.6 is 0 Å². The zero-order valence-corrected chi connectivity index (χ0v) is 12.5. The van der Waals surface area contributed by atoms with Gasteiger partial charge in [0.05, 0.1) is 25.8 Å². The summed E-state index contributed by atoms with van der Waals surface area (Å²) in [5, 5.41) is 11.8. The zero-order chi connectivity index (χ0) is 15.1. The molecule has 2 N–H and O–H groups in total. The molecule has 0 aliphatic rings. The molecule has 0 fully saturated rings. The lowest BCUT2D eigenvalue weighted by Crippen LogP contribution is -2.10. The lowest BCUT2D eigenvalue weighted by molar-refractivity contribution is 0.121. The fourth-order valence-corrected chi connectivity index (χ4v) is 1.94. The van der Waals surface area contributed by atoms with Crippen LogP contribution in [0, 0.1) is 0 Å². The first-order valence-electron chi connectivity index (χ1n) is 7.04. The van der Waals surface area contributed by atoms with Crippen molar-refractivity contribution in [3.8, 4) is 17.1 Å². The van der Waals surface area contributed by atoms with E-state index in [0.717, 1.165) is 25.0 Å². The number of hydrogen-bond donors (Lipinski definition) is 1. The van der Waals surface area contributed by atoms with E-state index >= 15 is 0 Å². The third-order valence-electron chi connectivity index (χ3n) is 3.09. The summed E-state index contributed by atoms with van der Waals surface area (Å²) < 4.78 is 12.6. The summed E-state index contributed by atoms with van der Waals surface area (Å²) in [6, 6.07) is 5.41. The summed E-state index contributed by atoms with van der Waals surface area (Å²) in [4.78, 5) is 0. The summed E-state index contributed by atoms with van der Waals surface area (Å²) in [5.74, 6) is 1.30. The predicted octanol–water partition coefficient (Wildman–Crippen LogP) is 1.75. The second-order valence-electron chi connectivity index (χ2n) is 4.65. The highest BCUT2D eigenvalue weighted by molar-refractivity contribution is 5.67. The van der Waals surface area contributed by atoms with Crippen LogP contribution in [0.3, 0.4) is 0 Å². The van der Waals surface area contributed by atoms with Gasteiger partial charge in [-0.2, -0.15) is 0 Å². The van der Waals surface area contributed by atoms with Gasteiger partial charge < -0.3 is 15.2 Å². The normalized spacial score (nSPS) is 10.8. The van der Waals surface area contributed by atoms with Gasteiger partial charge in [0.15, 0.2) is 5.82 Å². The Bertz CT molecular complexity index is 570. The molecule has 0 amide bonds. The minimum Gasteiger partial charge on any atom is -0.496 e. The van der Waals surface area contributed by atoms with Crippen molar-refractivity contribution in [2.75, 3.05) is 26.1 Å². The fourth-order valence-electron chi connectivity index (χ4n) is 1.94. The van der Waals surface area contributed by atoms with Gasteiger partial charge >= 0.3 is 0 Å². The van der Waals surface area contributed by atoms with Gasteiger partial charge in [-0.3, -0.25) is 0 Å². The zero-order valence-electron chi connectivity index (χ0n) is 12.5. The van der Waals surface area contributed by atoms with E-state index in [9.17, 15) is 0 Å². The Morgan fingerprint density at radius 1 is 1.29 bits per heavy atom. The van der Waals surface area contributed by atoms with Crippen molar-refractivity contribution < 1.29 is 9.47 Å². The predicted molar refractivity (Wildman–Crippen MR) is 79.9 cm³/mol. The van der Waals surface area contributed by atoms with Crippen LogP contribution in [0.5, 0.6) is 5.75 Å². The molecule has 21 heavy (non-hydrogen) atoms. The first kappa shape index (κ1) is 15.2. The standard InChI is InChI=1S/C14H21N5O2/c1-3-4-8-21-9-7-19-14(16-17-18-19)12-6-5-11(15)10-13(12)20-2/h5-6,10H,3-4,7-9,15H2,1-2H3. The molecule has 1 aromatic carbocycles. The molecule has 0 radical (unpaired) electrons. The first-order chi connectivity index (χ1) is 10.3. The van der Waals surface area contributed by atoms with Crippen molar-refractivity contribution in [1.29, 1.82) is 0 Å². The van der Waals surface area contributed by atoms with Gasteiger partial charge in [0.25, 0.3) is 0 Å². The highest BCUT2D eigenvalue weighted by Gasteiger charge is 2.14. The molecule has 0 saturated heterocycles. The van der Waals surface area contributed by atoms with Crippen molar-refractivity contribution in [3.05, 3.63) is 18.2 Å². The van der Waals surface area contributed by atoms with Crippen LogP contribution in [-0.4, -0.2) is 40.5 Å². The fraction of sp³-hybridized carbons (Fsp3) is 0.500. The molecular weight excluding hydrogens is 270 g/mol. The van der Waals surface area contributed by atoms with E-state index < -0.39 is 0 Å². The van der Waals surface area contributed by atoms with E-state index in [1.54, 1.807) is 23.9 Å². The van der Waals surface area contributed by atoms with Crippen LogP contribution in [0.15, 0.2) is 18.2 Å². The Kier molecular flexibility index (Phi) is 5.51. The molecule has 0 aliphatic heterocycles. The smallest absolute Gasteiger partial charge is 0.185 e. The molecule has 0 bridgehead atoms. The van der Waals surface area contributed by atoms with Crippen LogP contribution in [0.25, 0.3) is 11.4 Å². The maximum absolute atomic E-state index is 5.76. The number of nitrogen functional groups attached to an aromatic ring is 1. The van der Waals surface area contributed by atoms with Gasteiger partial charge in [-0.1, -0.05) is 13.3 Å². The van der Waals surface area contributed by atoms with E-state index in [4.69, 9.17) is 15.2 Å². The second-order valence-corrected chi connectivity index (χ2v) is 4.65. The number of nitrogens with two attached hydrogens (primary N) is 1. The van der Waals surface area contributed by atoms with Crippen LogP contribution < -0.4 is 10.5 Å². The van der Waals surface area contributed by atoms with E-state index in [1.165, 1.54) is 0 Å².